The Morgan fingerprint density at radius 2 is 1.40 bits per heavy atom. The van der Waals surface area contributed by atoms with Crippen molar-refractivity contribution in [1.82, 2.24) is 0 Å². The highest BCUT2D eigenvalue weighted by Crippen LogP contribution is 2.22. The van der Waals surface area contributed by atoms with E-state index >= 15 is 0 Å². The summed E-state index contributed by atoms with van der Waals surface area (Å²) in [7, 11) is 0. The molecule has 0 heterocycles. The lowest BCUT2D eigenvalue weighted by Crippen LogP contribution is -2.40. The monoisotopic (exact) mass is 258 g/mol. The molecule has 4 N–H and O–H groups in total. The van der Waals surface area contributed by atoms with Crippen LogP contribution in [0.2, 0.25) is 0 Å². The molecule has 0 aromatic heterocycles. The van der Waals surface area contributed by atoms with Gasteiger partial charge in [-0.15, -0.1) is 24.8 Å². The van der Waals surface area contributed by atoms with E-state index in [4.69, 9.17) is 11.5 Å². The molecule has 0 aliphatic carbocycles. The lowest BCUT2D eigenvalue weighted by molar-refractivity contribution is 0.317. The van der Waals surface area contributed by atoms with Crippen LogP contribution in [0.1, 0.15) is 59.3 Å². The second-order valence-corrected chi connectivity index (χ2v) is 4.38. The van der Waals surface area contributed by atoms with Gasteiger partial charge in [-0.25, -0.2) is 0 Å². The summed E-state index contributed by atoms with van der Waals surface area (Å²) in [5.74, 6) is 0. The SMILES string of the molecule is CCCC(N)(CCC)CCC(C)N.Cl.Cl. The molecule has 15 heavy (non-hydrogen) atoms. The smallest absolute Gasteiger partial charge is 0.0154 e. The van der Waals surface area contributed by atoms with Crippen molar-refractivity contribution in [1.29, 1.82) is 0 Å². The van der Waals surface area contributed by atoms with Gasteiger partial charge in [0.05, 0.1) is 0 Å². The largest absolute Gasteiger partial charge is 0.328 e. The van der Waals surface area contributed by atoms with Crippen LogP contribution in [-0.4, -0.2) is 11.6 Å². The molecular weight excluding hydrogens is 231 g/mol. The Hall–Kier alpha value is 0.500. The minimum atomic E-state index is 0. The van der Waals surface area contributed by atoms with Crippen molar-refractivity contribution < 1.29 is 0 Å². The number of nitrogens with two attached hydrogens (primary N) is 2. The zero-order valence-corrected chi connectivity index (χ0v) is 11.9. The molecule has 0 radical (unpaired) electrons. The zero-order chi connectivity index (χ0) is 10.3. The van der Waals surface area contributed by atoms with Crippen LogP contribution in [0, 0.1) is 0 Å². The van der Waals surface area contributed by atoms with Gasteiger partial charge < -0.3 is 11.5 Å². The van der Waals surface area contributed by atoms with E-state index < -0.39 is 0 Å². The summed E-state index contributed by atoms with van der Waals surface area (Å²) in [6.45, 7) is 6.45. The first-order valence-electron chi connectivity index (χ1n) is 5.58. The standard InChI is InChI=1S/C11H26N2.2ClH/c1-4-7-11(13,8-5-2)9-6-10(3)12;;/h10H,4-9,12-13H2,1-3H3;2*1H. The normalized spacial score (nSPS) is 12.6. The van der Waals surface area contributed by atoms with Gasteiger partial charge in [-0.3, -0.25) is 0 Å². The lowest BCUT2D eigenvalue weighted by Gasteiger charge is -2.29. The van der Waals surface area contributed by atoms with E-state index in [2.05, 4.69) is 20.8 Å². The fourth-order valence-electron chi connectivity index (χ4n) is 1.89. The van der Waals surface area contributed by atoms with E-state index in [-0.39, 0.29) is 36.4 Å². The van der Waals surface area contributed by atoms with Crippen molar-refractivity contribution in [3.63, 3.8) is 0 Å². The highest BCUT2D eigenvalue weighted by atomic mass is 35.5. The summed E-state index contributed by atoms with van der Waals surface area (Å²) < 4.78 is 0. The molecule has 0 aliphatic rings. The summed E-state index contributed by atoms with van der Waals surface area (Å²) in [6, 6.07) is 0.289. The second-order valence-electron chi connectivity index (χ2n) is 4.38. The molecule has 1 atom stereocenters. The van der Waals surface area contributed by atoms with Crippen LogP contribution in [-0.2, 0) is 0 Å². The average molecular weight is 259 g/mol. The molecule has 96 valence electrons. The molecule has 1 unspecified atom stereocenters. The third kappa shape index (κ3) is 10.8. The topological polar surface area (TPSA) is 52.0 Å². The van der Waals surface area contributed by atoms with Crippen LogP contribution < -0.4 is 11.5 Å². The van der Waals surface area contributed by atoms with Crippen LogP contribution >= 0.6 is 24.8 Å². The number of rotatable bonds is 7. The van der Waals surface area contributed by atoms with Gasteiger partial charge >= 0.3 is 0 Å². The Balaban J connectivity index is -0.000000720. The first-order chi connectivity index (χ1) is 6.04. The molecule has 0 aliphatic heterocycles. The number of hydrogen-bond acceptors (Lipinski definition) is 2. The Bertz CT molecular complexity index is 124. The van der Waals surface area contributed by atoms with Crippen molar-refractivity contribution in [3.8, 4) is 0 Å². The fraction of sp³-hybridized carbons (Fsp3) is 1.00. The van der Waals surface area contributed by atoms with E-state index in [1.807, 2.05) is 0 Å². The predicted octanol–water partition coefficient (Wildman–Crippen LogP) is 3.26. The molecule has 2 nitrogen and oxygen atoms in total. The molecule has 0 saturated heterocycles. The molecular formula is C11H28Cl2N2. The zero-order valence-electron chi connectivity index (χ0n) is 10.3. The van der Waals surface area contributed by atoms with Gasteiger partial charge in [-0.2, -0.15) is 0 Å². The van der Waals surface area contributed by atoms with Gasteiger partial charge in [0.2, 0.25) is 0 Å². The third-order valence-corrected chi connectivity index (χ3v) is 2.59. The van der Waals surface area contributed by atoms with Gasteiger partial charge in [0.25, 0.3) is 0 Å². The lowest BCUT2D eigenvalue weighted by atomic mass is 9.84. The van der Waals surface area contributed by atoms with Crippen LogP contribution in [0.5, 0.6) is 0 Å². The van der Waals surface area contributed by atoms with Crippen LogP contribution in [0.25, 0.3) is 0 Å². The summed E-state index contributed by atoms with van der Waals surface area (Å²) >= 11 is 0. The number of hydrogen-bond donors (Lipinski definition) is 2. The highest BCUT2D eigenvalue weighted by Gasteiger charge is 2.22. The molecule has 0 rings (SSSR count). The predicted molar refractivity (Wildman–Crippen MR) is 74.1 cm³/mol. The first kappa shape index (κ1) is 20.9. The molecule has 0 amide bonds. The molecule has 0 aromatic rings. The van der Waals surface area contributed by atoms with Crippen molar-refractivity contribution in [3.05, 3.63) is 0 Å². The van der Waals surface area contributed by atoms with Gasteiger partial charge in [0.1, 0.15) is 0 Å². The Kier molecular flexibility index (Phi) is 15.3. The van der Waals surface area contributed by atoms with Gasteiger partial charge in [0, 0.05) is 11.6 Å². The molecule has 0 saturated carbocycles. The maximum absolute atomic E-state index is 6.31. The second kappa shape index (κ2) is 11.0. The molecule has 0 spiro atoms. The molecule has 4 heteroatoms. The Morgan fingerprint density at radius 3 is 1.67 bits per heavy atom. The fourth-order valence-corrected chi connectivity index (χ4v) is 1.89. The van der Waals surface area contributed by atoms with E-state index in [1.165, 1.54) is 12.8 Å². The van der Waals surface area contributed by atoms with Crippen molar-refractivity contribution in [2.45, 2.75) is 70.9 Å². The summed E-state index contributed by atoms with van der Waals surface area (Å²) in [6.07, 6.45) is 6.74. The maximum atomic E-state index is 6.31. The number of halogens is 2. The minimum Gasteiger partial charge on any atom is -0.328 e. The molecule has 0 bridgehead atoms. The van der Waals surface area contributed by atoms with Gasteiger partial charge in [0.15, 0.2) is 0 Å². The summed E-state index contributed by atoms with van der Waals surface area (Å²) in [5, 5.41) is 0. The van der Waals surface area contributed by atoms with Crippen LogP contribution in [0.15, 0.2) is 0 Å². The van der Waals surface area contributed by atoms with Crippen LogP contribution in [0.4, 0.5) is 0 Å². The van der Waals surface area contributed by atoms with E-state index in [0.29, 0.717) is 0 Å². The van der Waals surface area contributed by atoms with Crippen molar-refractivity contribution in [2.24, 2.45) is 11.5 Å². The quantitative estimate of drug-likeness (QED) is 0.737. The van der Waals surface area contributed by atoms with Crippen molar-refractivity contribution in [2.75, 3.05) is 0 Å². The Morgan fingerprint density at radius 1 is 1.00 bits per heavy atom. The summed E-state index contributed by atoms with van der Waals surface area (Å²) in [5.41, 5.74) is 12.1. The molecule has 0 aromatic carbocycles. The Labute approximate surface area is 107 Å². The van der Waals surface area contributed by atoms with E-state index in [9.17, 15) is 0 Å². The minimum absolute atomic E-state index is 0. The summed E-state index contributed by atoms with van der Waals surface area (Å²) in [4.78, 5) is 0. The average Bonchev–Trinajstić information content (AvgIpc) is 2.02. The first-order valence-corrected chi connectivity index (χ1v) is 5.58. The highest BCUT2D eigenvalue weighted by molar-refractivity contribution is 5.85. The van der Waals surface area contributed by atoms with Gasteiger partial charge in [-0.05, 0) is 32.6 Å². The van der Waals surface area contributed by atoms with Crippen molar-refractivity contribution >= 4 is 24.8 Å². The molecule has 0 fully saturated rings. The third-order valence-electron chi connectivity index (χ3n) is 2.59. The van der Waals surface area contributed by atoms with E-state index in [0.717, 1.165) is 25.7 Å². The van der Waals surface area contributed by atoms with Gasteiger partial charge in [-0.1, -0.05) is 26.7 Å². The van der Waals surface area contributed by atoms with Crippen LogP contribution in [0.3, 0.4) is 0 Å². The van der Waals surface area contributed by atoms with E-state index in [1.54, 1.807) is 0 Å². The maximum Gasteiger partial charge on any atom is 0.0154 e.